The standard InChI is InChI=1S/C15H24N2O2/c1-13-7-4-5-8-14(13)11-17(2)12-15(18)16-9-6-10-19-3/h4-5,7-8H,6,9-12H2,1-3H3,(H,16,18). The van der Waals surface area contributed by atoms with E-state index in [0.29, 0.717) is 19.7 Å². The van der Waals surface area contributed by atoms with Gasteiger partial charge in [0.2, 0.25) is 5.91 Å². The Kier molecular flexibility index (Phi) is 7.15. The summed E-state index contributed by atoms with van der Waals surface area (Å²) in [4.78, 5) is 13.7. The van der Waals surface area contributed by atoms with Gasteiger partial charge in [-0.2, -0.15) is 0 Å². The van der Waals surface area contributed by atoms with Crippen molar-refractivity contribution >= 4 is 5.91 Å². The Morgan fingerprint density at radius 3 is 2.79 bits per heavy atom. The van der Waals surface area contributed by atoms with Crippen LogP contribution >= 0.6 is 0 Å². The monoisotopic (exact) mass is 264 g/mol. The van der Waals surface area contributed by atoms with Gasteiger partial charge in [0.25, 0.3) is 0 Å². The predicted molar refractivity (Wildman–Crippen MR) is 77.0 cm³/mol. The van der Waals surface area contributed by atoms with E-state index in [0.717, 1.165) is 13.0 Å². The number of aryl methyl sites for hydroxylation is 1. The fourth-order valence-electron chi connectivity index (χ4n) is 1.88. The molecule has 1 aromatic carbocycles. The largest absolute Gasteiger partial charge is 0.385 e. The number of likely N-dealkylation sites (N-methyl/N-ethyl adjacent to an activating group) is 1. The number of hydrogen-bond acceptors (Lipinski definition) is 3. The minimum atomic E-state index is 0.0622. The topological polar surface area (TPSA) is 41.6 Å². The van der Waals surface area contributed by atoms with Crippen LogP contribution in [0.1, 0.15) is 17.5 Å². The Bertz CT molecular complexity index is 393. The molecule has 0 fully saturated rings. The second-order valence-electron chi connectivity index (χ2n) is 4.80. The molecule has 0 aromatic heterocycles. The molecule has 0 radical (unpaired) electrons. The molecule has 1 aromatic rings. The van der Waals surface area contributed by atoms with Gasteiger partial charge in [0, 0.05) is 26.8 Å². The van der Waals surface area contributed by atoms with E-state index >= 15 is 0 Å². The van der Waals surface area contributed by atoms with Crippen LogP contribution in [-0.2, 0) is 16.1 Å². The summed E-state index contributed by atoms with van der Waals surface area (Å²) in [5.41, 5.74) is 2.52. The van der Waals surface area contributed by atoms with Gasteiger partial charge in [-0.05, 0) is 31.5 Å². The summed E-state index contributed by atoms with van der Waals surface area (Å²) in [6.07, 6.45) is 0.851. The van der Waals surface area contributed by atoms with Crippen molar-refractivity contribution in [2.45, 2.75) is 19.9 Å². The fourth-order valence-corrected chi connectivity index (χ4v) is 1.88. The molecule has 0 aliphatic rings. The molecule has 106 valence electrons. The van der Waals surface area contributed by atoms with Crippen LogP contribution in [0.15, 0.2) is 24.3 Å². The quantitative estimate of drug-likeness (QED) is 0.725. The minimum Gasteiger partial charge on any atom is -0.385 e. The van der Waals surface area contributed by atoms with E-state index < -0.39 is 0 Å². The van der Waals surface area contributed by atoms with Gasteiger partial charge in [0.05, 0.1) is 6.54 Å². The maximum absolute atomic E-state index is 11.7. The van der Waals surface area contributed by atoms with Gasteiger partial charge in [0.1, 0.15) is 0 Å². The Hall–Kier alpha value is -1.39. The lowest BCUT2D eigenvalue weighted by Gasteiger charge is -2.17. The summed E-state index contributed by atoms with van der Waals surface area (Å²) < 4.78 is 4.94. The van der Waals surface area contributed by atoms with Crippen LogP contribution < -0.4 is 5.32 Å². The van der Waals surface area contributed by atoms with Gasteiger partial charge in [-0.15, -0.1) is 0 Å². The first-order valence-electron chi connectivity index (χ1n) is 6.62. The smallest absolute Gasteiger partial charge is 0.234 e. The van der Waals surface area contributed by atoms with Crippen LogP contribution in [0.4, 0.5) is 0 Å². The van der Waals surface area contributed by atoms with Crippen LogP contribution in [0.3, 0.4) is 0 Å². The fraction of sp³-hybridized carbons (Fsp3) is 0.533. The molecule has 19 heavy (non-hydrogen) atoms. The van der Waals surface area contributed by atoms with E-state index in [2.05, 4.69) is 24.4 Å². The van der Waals surface area contributed by atoms with Crippen molar-refractivity contribution in [1.82, 2.24) is 10.2 Å². The van der Waals surface area contributed by atoms with Gasteiger partial charge in [-0.3, -0.25) is 9.69 Å². The van der Waals surface area contributed by atoms with Gasteiger partial charge in [0.15, 0.2) is 0 Å². The van der Waals surface area contributed by atoms with Gasteiger partial charge in [-0.1, -0.05) is 24.3 Å². The summed E-state index contributed by atoms with van der Waals surface area (Å²) in [6.45, 7) is 4.65. The number of ether oxygens (including phenoxy) is 1. The molecule has 4 nitrogen and oxygen atoms in total. The number of carbonyl (C=O) groups excluding carboxylic acids is 1. The van der Waals surface area contributed by atoms with E-state index in [-0.39, 0.29) is 5.91 Å². The number of amides is 1. The summed E-state index contributed by atoms with van der Waals surface area (Å²) in [5.74, 6) is 0.0622. The highest BCUT2D eigenvalue weighted by molar-refractivity contribution is 5.77. The molecule has 0 bridgehead atoms. The van der Waals surface area contributed by atoms with Crippen molar-refractivity contribution < 1.29 is 9.53 Å². The Balaban J connectivity index is 2.29. The Labute approximate surface area is 115 Å². The van der Waals surface area contributed by atoms with Crippen LogP contribution in [0.2, 0.25) is 0 Å². The molecule has 0 saturated heterocycles. The highest BCUT2D eigenvalue weighted by atomic mass is 16.5. The van der Waals surface area contributed by atoms with Crippen molar-refractivity contribution in [2.75, 3.05) is 33.9 Å². The molecule has 1 N–H and O–H groups in total. The van der Waals surface area contributed by atoms with Gasteiger partial charge < -0.3 is 10.1 Å². The van der Waals surface area contributed by atoms with Crippen LogP contribution in [-0.4, -0.2) is 44.7 Å². The molecule has 0 atom stereocenters. The summed E-state index contributed by atoms with van der Waals surface area (Å²) in [6, 6.07) is 8.25. The average Bonchev–Trinajstić information content (AvgIpc) is 2.37. The van der Waals surface area contributed by atoms with Crippen molar-refractivity contribution in [3.05, 3.63) is 35.4 Å². The lowest BCUT2D eigenvalue weighted by Crippen LogP contribution is -2.35. The van der Waals surface area contributed by atoms with Crippen LogP contribution in [0.25, 0.3) is 0 Å². The second-order valence-corrected chi connectivity index (χ2v) is 4.80. The van der Waals surface area contributed by atoms with E-state index in [1.165, 1.54) is 11.1 Å². The second kappa shape index (κ2) is 8.67. The molecule has 1 amide bonds. The number of benzene rings is 1. The zero-order valence-corrected chi connectivity index (χ0v) is 12.1. The summed E-state index contributed by atoms with van der Waals surface area (Å²) in [7, 11) is 3.62. The van der Waals surface area contributed by atoms with Crippen molar-refractivity contribution in [3.63, 3.8) is 0 Å². The Morgan fingerprint density at radius 2 is 2.11 bits per heavy atom. The number of rotatable bonds is 8. The van der Waals surface area contributed by atoms with Crippen molar-refractivity contribution in [2.24, 2.45) is 0 Å². The highest BCUT2D eigenvalue weighted by Crippen LogP contribution is 2.08. The lowest BCUT2D eigenvalue weighted by molar-refractivity contribution is -0.122. The third-order valence-electron chi connectivity index (χ3n) is 2.96. The van der Waals surface area contributed by atoms with Crippen molar-refractivity contribution in [3.8, 4) is 0 Å². The highest BCUT2D eigenvalue weighted by Gasteiger charge is 2.07. The summed E-state index contributed by atoms with van der Waals surface area (Å²) >= 11 is 0. The van der Waals surface area contributed by atoms with Crippen LogP contribution in [0.5, 0.6) is 0 Å². The molecule has 1 rings (SSSR count). The SMILES string of the molecule is COCCCNC(=O)CN(C)Cc1ccccc1C. The first-order valence-corrected chi connectivity index (χ1v) is 6.62. The van der Waals surface area contributed by atoms with E-state index in [1.807, 2.05) is 24.1 Å². The molecule has 4 heteroatoms. The zero-order valence-electron chi connectivity index (χ0n) is 12.1. The molecule has 0 saturated carbocycles. The number of carbonyl (C=O) groups is 1. The van der Waals surface area contributed by atoms with Crippen LogP contribution in [0, 0.1) is 6.92 Å². The molecule has 0 aliphatic heterocycles. The number of methoxy groups -OCH3 is 1. The maximum atomic E-state index is 11.7. The predicted octanol–water partition coefficient (Wildman–Crippen LogP) is 1.58. The summed E-state index contributed by atoms with van der Waals surface area (Å²) in [5, 5.41) is 2.89. The third-order valence-corrected chi connectivity index (χ3v) is 2.96. The number of hydrogen-bond donors (Lipinski definition) is 1. The average molecular weight is 264 g/mol. The van der Waals surface area contributed by atoms with Crippen molar-refractivity contribution in [1.29, 1.82) is 0 Å². The number of nitrogens with zero attached hydrogens (tertiary/aromatic N) is 1. The molecule has 0 unspecified atom stereocenters. The normalized spacial score (nSPS) is 10.7. The molecule has 0 spiro atoms. The van der Waals surface area contributed by atoms with E-state index in [9.17, 15) is 4.79 Å². The molecular weight excluding hydrogens is 240 g/mol. The number of nitrogens with one attached hydrogen (secondary N) is 1. The van der Waals surface area contributed by atoms with Gasteiger partial charge in [-0.25, -0.2) is 0 Å². The van der Waals surface area contributed by atoms with E-state index in [1.54, 1.807) is 7.11 Å². The molecular formula is C15H24N2O2. The van der Waals surface area contributed by atoms with Gasteiger partial charge >= 0.3 is 0 Å². The molecule has 0 aliphatic carbocycles. The first-order chi connectivity index (χ1) is 9.13. The van der Waals surface area contributed by atoms with E-state index in [4.69, 9.17) is 4.74 Å². The minimum absolute atomic E-state index is 0.0622. The first kappa shape index (κ1) is 15.7. The maximum Gasteiger partial charge on any atom is 0.234 e. The lowest BCUT2D eigenvalue weighted by atomic mass is 10.1. The third kappa shape index (κ3) is 6.36. The zero-order chi connectivity index (χ0) is 14.1. The molecule has 0 heterocycles. The Morgan fingerprint density at radius 1 is 1.37 bits per heavy atom.